The molecule has 0 saturated carbocycles. The molecule has 1 heterocycles. The Morgan fingerprint density at radius 2 is 1.75 bits per heavy atom. The summed E-state index contributed by atoms with van der Waals surface area (Å²) in [5.41, 5.74) is 4.74. The van der Waals surface area contributed by atoms with Crippen molar-refractivity contribution >= 4 is 46.2 Å². The minimum absolute atomic E-state index is 0.482. The highest BCUT2D eigenvalue weighted by molar-refractivity contribution is 6.41. The van der Waals surface area contributed by atoms with Gasteiger partial charge in [0.1, 0.15) is 0 Å². The molecule has 20 heavy (non-hydrogen) atoms. The molecule has 0 aliphatic carbocycles. The number of halogens is 3. The van der Waals surface area contributed by atoms with E-state index in [4.69, 9.17) is 34.8 Å². The van der Waals surface area contributed by atoms with Crippen LogP contribution in [0.4, 0.5) is 5.69 Å². The third-order valence-electron chi connectivity index (χ3n) is 3.31. The molecule has 6 heteroatoms. The van der Waals surface area contributed by atoms with Gasteiger partial charge in [0, 0.05) is 36.7 Å². The Hall–Kier alpha value is -0.480. The van der Waals surface area contributed by atoms with Crippen LogP contribution in [0.3, 0.4) is 0 Å². The Balaban J connectivity index is 1.97. The fourth-order valence-corrected chi connectivity index (χ4v) is 3.15. The number of piperidine rings is 1. The molecule has 0 unspecified atom stereocenters. The summed E-state index contributed by atoms with van der Waals surface area (Å²) in [7, 11) is 0. The summed E-state index contributed by atoms with van der Waals surface area (Å²) in [6.45, 7) is 5.50. The van der Waals surface area contributed by atoms with Crippen LogP contribution in [0.15, 0.2) is 17.2 Å². The van der Waals surface area contributed by atoms with Gasteiger partial charge in [-0.05, 0) is 25.1 Å². The first-order chi connectivity index (χ1) is 9.60. The van der Waals surface area contributed by atoms with E-state index in [-0.39, 0.29) is 0 Å². The van der Waals surface area contributed by atoms with E-state index >= 15 is 0 Å². The van der Waals surface area contributed by atoms with Crippen LogP contribution in [0.25, 0.3) is 0 Å². The highest BCUT2D eigenvalue weighted by Crippen LogP contribution is 2.33. The van der Waals surface area contributed by atoms with Crippen LogP contribution in [0.2, 0.25) is 15.1 Å². The quantitative estimate of drug-likeness (QED) is 0.791. The molecule has 1 fully saturated rings. The van der Waals surface area contributed by atoms with E-state index in [9.17, 15) is 0 Å². The van der Waals surface area contributed by atoms with E-state index in [0.29, 0.717) is 20.8 Å². The molecular weight excluding hydrogens is 317 g/mol. The number of nitrogens with one attached hydrogen (secondary N) is 1. The molecule has 0 spiro atoms. The molecule has 1 saturated heterocycles. The summed E-state index contributed by atoms with van der Waals surface area (Å²) in [6, 6.07) is 3.31. The largest absolute Gasteiger partial charge is 0.303 e. The molecule has 1 aromatic rings. The van der Waals surface area contributed by atoms with Gasteiger partial charge in [-0.3, -0.25) is 5.43 Å². The molecule has 2 rings (SSSR count). The summed E-state index contributed by atoms with van der Waals surface area (Å²) >= 11 is 18.1. The average Bonchev–Trinajstić information content (AvgIpc) is 2.39. The second-order valence-electron chi connectivity index (χ2n) is 4.88. The minimum atomic E-state index is 0.482. The highest BCUT2D eigenvalue weighted by Gasteiger charge is 2.14. The third-order valence-corrected chi connectivity index (χ3v) is 4.12. The summed E-state index contributed by atoms with van der Waals surface area (Å²) in [5, 5.41) is 5.91. The van der Waals surface area contributed by atoms with Crippen LogP contribution in [-0.2, 0) is 0 Å². The number of hydrazone groups is 1. The number of likely N-dealkylation sites (tertiary alicyclic amines) is 1. The molecule has 1 aromatic carbocycles. The van der Waals surface area contributed by atoms with Gasteiger partial charge in [-0.2, -0.15) is 5.10 Å². The Morgan fingerprint density at radius 3 is 2.30 bits per heavy atom. The second-order valence-corrected chi connectivity index (χ2v) is 6.13. The van der Waals surface area contributed by atoms with Crippen molar-refractivity contribution in [2.24, 2.45) is 5.10 Å². The van der Waals surface area contributed by atoms with Crippen molar-refractivity contribution in [2.75, 3.05) is 25.1 Å². The van der Waals surface area contributed by atoms with Gasteiger partial charge in [0.15, 0.2) is 0 Å². The molecule has 0 bridgehead atoms. The lowest BCUT2D eigenvalue weighted by molar-refractivity contribution is 0.275. The maximum Gasteiger partial charge on any atom is 0.0935 e. The molecule has 1 aliphatic rings. The summed E-state index contributed by atoms with van der Waals surface area (Å²) in [6.07, 6.45) is 3.16. The molecular formula is C14H18Cl3N3. The zero-order valence-corrected chi connectivity index (χ0v) is 13.7. The second kappa shape index (κ2) is 7.51. The van der Waals surface area contributed by atoms with Crippen molar-refractivity contribution in [3.05, 3.63) is 27.2 Å². The highest BCUT2D eigenvalue weighted by atomic mass is 35.5. The predicted octanol–water partition coefficient (Wildman–Crippen LogP) is 4.92. The van der Waals surface area contributed by atoms with Gasteiger partial charge in [-0.25, -0.2) is 0 Å². The van der Waals surface area contributed by atoms with E-state index in [2.05, 4.69) is 22.4 Å². The van der Waals surface area contributed by atoms with E-state index in [1.807, 2.05) is 0 Å². The first-order valence-electron chi connectivity index (χ1n) is 6.78. The molecule has 1 aliphatic heterocycles. The van der Waals surface area contributed by atoms with Crippen molar-refractivity contribution in [1.29, 1.82) is 0 Å². The maximum absolute atomic E-state index is 6.11. The fourth-order valence-electron chi connectivity index (χ4n) is 2.25. The number of rotatable bonds is 4. The zero-order valence-electron chi connectivity index (χ0n) is 11.4. The first-order valence-corrected chi connectivity index (χ1v) is 7.92. The van der Waals surface area contributed by atoms with Crippen LogP contribution in [0.1, 0.15) is 26.2 Å². The molecule has 0 aromatic heterocycles. The lowest BCUT2D eigenvalue weighted by Gasteiger charge is -2.26. The van der Waals surface area contributed by atoms with Gasteiger partial charge < -0.3 is 4.90 Å². The van der Waals surface area contributed by atoms with Crippen LogP contribution in [0, 0.1) is 0 Å². The van der Waals surface area contributed by atoms with Gasteiger partial charge in [-0.15, -0.1) is 0 Å². The third kappa shape index (κ3) is 4.26. The van der Waals surface area contributed by atoms with Crippen LogP contribution in [-0.4, -0.2) is 30.2 Å². The first kappa shape index (κ1) is 15.9. The van der Waals surface area contributed by atoms with Crippen LogP contribution < -0.4 is 5.43 Å². The van der Waals surface area contributed by atoms with Gasteiger partial charge in [-0.1, -0.05) is 41.7 Å². The monoisotopic (exact) mass is 333 g/mol. The van der Waals surface area contributed by atoms with Crippen LogP contribution >= 0.6 is 34.8 Å². The summed E-state index contributed by atoms with van der Waals surface area (Å²) in [4.78, 5) is 2.46. The van der Waals surface area contributed by atoms with Gasteiger partial charge in [0.2, 0.25) is 0 Å². The van der Waals surface area contributed by atoms with Crippen molar-refractivity contribution in [1.82, 2.24) is 4.90 Å². The Labute approximate surface area is 134 Å². The lowest BCUT2D eigenvalue weighted by atomic mass is 10.1. The Bertz CT molecular complexity index is 469. The Morgan fingerprint density at radius 1 is 1.15 bits per heavy atom. The average molecular weight is 335 g/mol. The van der Waals surface area contributed by atoms with Gasteiger partial charge in [0.05, 0.1) is 15.7 Å². The van der Waals surface area contributed by atoms with E-state index < -0.39 is 0 Å². The number of hydrogen-bond donors (Lipinski definition) is 1. The lowest BCUT2D eigenvalue weighted by Crippen LogP contribution is -2.34. The molecule has 0 atom stereocenters. The topological polar surface area (TPSA) is 27.6 Å². The number of benzene rings is 1. The van der Waals surface area contributed by atoms with Crippen LogP contribution in [0.5, 0.6) is 0 Å². The molecule has 1 N–H and O–H groups in total. The maximum atomic E-state index is 6.11. The molecule has 0 radical (unpaired) electrons. The fraction of sp³-hybridized carbons (Fsp3) is 0.500. The molecule has 110 valence electrons. The number of nitrogens with zero attached hydrogens (tertiary/aromatic N) is 2. The molecule has 0 amide bonds. The minimum Gasteiger partial charge on any atom is -0.303 e. The normalized spacial score (nSPS) is 16.3. The van der Waals surface area contributed by atoms with Crippen molar-refractivity contribution in [3.8, 4) is 0 Å². The standard InChI is InChI=1S/C14H18Cl3N3/c1-2-5-20-6-3-11(4-7-20)18-19-14-12(16)8-10(15)9-13(14)17/h8-9,19H,2-7H2,1H3. The van der Waals surface area contributed by atoms with Crippen molar-refractivity contribution < 1.29 is 0 Å². The predicted molar refractivity (Wildman–Crippen MR) is 88.5 cm³/mol. The van der Waals surface area contributed by atoms with E-state index in [0.717, 1.165) is 38.2 Å². The zero-order chi connectivity index (χ0) is 14.5. The van der Waals surface area contributed by atoms with E-state index in [1.165, 1.54) is 6.42 Å². The van der Waals surface area contributed by atoms with Gasteiger partial charge in [0.25, 0.3) is 0 Å². The number of hydrogen-bond acceptors (Lipinski definition) is 3. The SMILES string of the molecule is CCCN1CCC(=NNc2c(Cl)cc(Cl)cc2Cl)CC1. The molecule has 3 nitrogen and oxygen atoms in total. The smallest absolute Gasteiger partial charge is 0.0935 e. The van der Waals surface area contributed by atoms with Crippen molar-refractivity contribution in [2.45, 2.75) is 26.2 Å². The number of anilines is 1. The Kier molecular flexibility index (Phi) is 5.97. The van der Waals surface area contributed by atoms with Gasteiger partial charge >= 0.3 is 0 Å². The summed E-state index contributed by atoms with van der Waals surface area (Å²) in [5.74, 6) is 0. The van der Waals surface area contributed by atoms with Crippen molar-refractivity contribution in [3.63, 3.8) is 0 Å². The van der Waals surface area contributed by atoms with E-state index in [1.54, 1.807) is 12.1 Å². The summed E-state index contributed by atoms with van der Waals surface area (Å²) < 4.78 is 0.